The minimum Gasteiger partial charge on any atom is -0.488 e. The van der Waals surface area contributed by atoms with Gasteiger partial charge in [0, 0.05) is 32.7 Å². The molecule has 0 saturated heterocycles. The van der Waals surface area contributed by atoms with Crippen LogP contribution in [0.2, 0.25) is 0 Å². The molecule has 1 amide bonds. The van der Waals surface area contributed by atoms with Crippen molar-refractivity contribution in [3.63, 3.8) is 0 Å². The first-order chi connectivity index (χ1) is 12.2. The molecule has 0 aromatic heterocycles. The van der Waals surface area contributed by atoms with Crippen LogP contribution in [0.1, 0.15) is 52.4 Å². The second-order valence-electron chi connectivity index (χ2n) is 7.41. The first kappa shape index (κ1) is 22.4. The highest BCUT2D eigenvalue weighted by Crippen LogP contribution is 2.25. The largest absolute Gasteiger partial charge is 0.488 e. The molecule has 1 rings (SSSR count). The summed E-state index contributed by atoms with van der Waals surface area (Å²) in [6, 6.07) is 7.70. The van der Waals surface area contributed by atoms with Crippen LogP contribution < -0.4 is 10.1 Å². The van der Waals surface area contributed by atoms with E-state index in [0.29, 0.717) is 19.6 Å². The van der Waals surface area contributed by atoms with Gasteiger partial charge in [0.25, 0.3) is 0 Å². The van der Waals surface area contributed by atoms with Crippen molar-refractivity contribution in [3.05, 3.63) is 29.8 Å². The Kier molecular flexibility index (Phi) is 9.05. The molecule has 1 aromatic rings. The van der Waals surface area contributed by atoms with Crippen LogP contribution in [0.3, 0.4) is 0 Å². The fourth-order valence-corrected chi connectivity index (χ4v) is 2.51. The van der Waals surface area contributed by atoms with Crippen molar-refractivity contribution in [1.29, 1.82) is 0 Å². The molecule has 6 nitrogen and oxygen atoms in total. The minimum atomic E-state index is -0.374. The molecule has 0 atom stereocenters. The molecule has 6 heteroatoms. The fourth-order valence-electron chi connectivity index (χ4n) is 2.51. The third-order valence-electron chi connectivity index (χ3n) is 4.13. The predicted molar refractivity (Wildman–Crippen MR) is 101 cm³/mol. The van der Waals surface area contributed by atoms with Crippen molar-refractivity contribution >= 4 is 6.41 Å². The third-order valence-corrected chi connectivity index (χ3v) is 4.13. The van der Waals surface area contributed by atoms with Crippen molar-refractivity contribution in [2.24, 2.45) is 0 Å². The molecule has 0 aliphatic carbocycles. The van der Waals surface area contributed by atoms with Gasteiger partial charge in [-0.15, -0.1) is 0 Å². The van der Waals surface area contributed by atoms with Gasteiger partial charge in [0.2, 0.25) is 6.41 Å². The number of nitrogens with one attached hydrogen (secondary N) is 1. The average molecular weight is 367 g/mol. The van der Waals surface area contributed by atoms with E-state index in [0.717, 1.165) is 24.2 Å². The van der Waals surface area contributed by atoms with Crippen LogP contribution >= 0.6 is 0 Å². The van der Waals surface area contributed by atoms with Gasteiger partial charge in [0.05, 0.1) is 12.2 Å². The number of rotatable bonds is 13. The molecular formula is C20H33NO5. The Labute approximate surface area is 157 Å². The van der Waals surface area contributed by atoms with Gasteiger partial charge in [0.15, 0.2) is 6.29 Å². The van der Waals surface area contributed by atoms with Crippen LogP contribution in [-0.4, -0.2) is 45.0 Å². The van der Waals surface area contributed by atoms with Crippen LogP contribution in [-0.2, 0) is 19.0 Å². The number of carbonyl (C=O) groups excluding carboxylic acids is 1. The van der Waals surface area contributed by atoms with Crippen LogP contribution in [0.5, 0.6) is 5.75 Å². The second kappa shape index (κ2) is 10.5. The van der Waals surface area contributed by atoms with E-state index in [2.05, 4.69) is 5.32 Å². The lowest BCUT2D eigenvalue weighted by molar-refractivity contribution is -0.109. The highest BCUT2D eigenvalue weighted by atomic mass is 16.7. The smallest absolute Gasteiger partial charge is 0.207 e. The van der Waals surface area contributed by atoms with Crippen molar-refractivity contribution in [1.82, 2.24) is 5.32 Å². The lowest BCUT2D eigenvalue weighted by Gasteiger charge is -2.30. The molecule has 1 N–H and O–H groups in total. The van der Waals surface area contributed by atoms with Crippen LogP contribution in [0.4, 0.5) is 0 Å². The number of methoxy groups -OCH3 is 2. The minimum absolute atomic E-state index is 0.289. The lowest BCUT2D eigenvalue weighted by Crippen LogP contribution is -2.34. The van der Waals surface area contributed by atoms with E-state index in [1.807, 2.05) is 52.0 Å². The summed E-state index contributed by atoms with van der Waals surface area (Å²) in [5.41, 5.74) is 0.290. The number of amides is 1. The standard InChI is InChI=1S/C20H33NO5/c1-19(2,11-13-21-15-22)25-14-12-20(3,4)26-17-9-7-16(8-10-17)18(23-5)24-6/h7-10,15,18H,11-14H2,1-6H3,(H,21,22). The number of carbonyl (C=O) groups is 1. The van der Waals surface area contributed by atoms with E-state index in [-0.39, 0.29) is 17.5 Å². The van der Waals surface area contributed by atoms with Gasteiger partial charge in [-0.3, -0.25) is 4.79 Å². The van der Waals surface area contributed by atoms with Gasteiger partial charge >= 0.3 is 0 Å². The van der Waals surface area contributed by atoms with Crippen LogP contribution in [0.25, 0.3) is 0 Å². The van der Waals surface area contributed by atoms with Crippen molar-refractivity contribution in [3.8, 4) is 5.75 Å². The Morgan fingerprint density at radius 2 is 1.62 bits per heavy atom. The number of ether oxygens (including phenoxy) is 4. The van der Waals surface area contributed by atoms with Gasteiger partial charge in [-0.05, 0) is 46.2 Å². The van der Waals surface area contributed by atoms with E-state index < -0.39 is 0 Å². The molecule has 0 heterocycles. The summed E-state index contributed by atoms with van der Waals surface area (Å²) < 4.78 is 22.5. The summed E-state index contributed by atoms with van der Waals surface area (Å²) in [5, 5.41) is 2.66. The summed E-state index contributed by atoms with van der Waals surface area (Å²) in [4.78, 5) is 10.3. The van der Waals surface area contributed by atoms with Gasteiger partial charge < -0.3 is 24.3 Å². The molecule has 1 aromatic carbocycles. The van der Waals surface area contributed by atoms with Crippen molar-refractivity contribution in [2.45, 2.75) is 58.0 Å². The fraction of sp³-hybridized carbons (Fsp3) is 0.650. The normalized spacial score (nSPS) is 12.3. The summed E-state index contributed by atoms with van der Waals surface area (Å²) in [6.45, 7) is 9.31. The van der Waals surface area contributed by atoms with Gasteiger partial charge in [-0.2, -0.15) is 0 Å². The second-order valence-corrected chi connectivity index (χ2v) is 7.41. The monoisotopic (exact) mass is 367 g/mol. The Balaban J connectivity index is 2.49. The molecule has 0 aliphatic rings. The van der Waals surface area contributed by atoms with Gasteiger partial charge in [-0.25, -0.2) is 0 Å². The molecule has 0 radical (unpaired) electrons. The summed E-state index contributed by atoms with van der Waals surface area (Å²) in [7, 11) is 3.22. The van der Waals surface area contributed by atoms with Crippen LogP contribution in [0, 0.1) is 0 Å². The maximum absolute atomic E-state index is 10.3. The predicted octanol–water partition coefficient (Wildman–Crippen LogP) is 3.46. The molecule has 26 heavy (non-hydrogen) atoms. The van der Waals surface area contributed by atoms with E-state index in [1.165, 1.54) is 0 Å². The van der Waals surface area contributed by atoms with Gasteiger partial charge in [0.1, 0.15) is 11.4 Å². The summed E-state index contributed by atoms with van der Waals surface area (Å²) in [5.74, 6) is 0.791. The maximum atomic E-state index is 10.3. The third kappa shape index (κ3) is 8.17. The summed E-state index contributed by atoms with van der Waals surface area (Å²) >= 11 is 0. The summed E-state index contributed by atoms with van der Waals surface area (Å²) in [6.07, 6.45) is 1.84. The Bertz CT molecular complexity index is 524. The zero-order chi connectivity index (χ0) is 19.6. The Hall–Kier alpha value is -1.63. The molecule has 0 fully saturated rings. The molecule has 0 spiro atoms. The molecule has 148 valence electrons. The quantitative estimate of drug-likeness (QED) is 0.329. The highest BCUT2D eigenvalue weighted by Gasteiger charge is 2.23. The highest BCUT2D eigenvalue weighted by molar-refractivity contribution is 5.45. The first-order valence-electron chi connectivity index (χ1n) is 8.88. The molecule has 0 bridgehead atoms. The lowest BCUT2D eigenvalue weighted by atomic mass is 10.0. The number of hydrogen-bond donors (Lipinski definition) is 1. The SMILES string of the molecule is COC(OC)c1ccc(OC(C)(C)CCOC(C)(C)CCNC=O)cc1. The maximum Gasteiger partial charge on any atom is 0.207 e. The van der Waals surface area contributed by atoms with Crippen molar-refractivity contribution in [2.75, 3.05) is 27.4 Å². The van der Waals surface area contributed by atoms with E-state index in [1.54, 1.807) is 14.2 Å². The number of benzene rings is 1. The molecule has 0 aliphatic heterocycles. The van der Waals surface area contributed by atoms with Crippen LogP contribution in [0.15, 0.2) is 24.3 Å². The zero-order valence-corrected chi connectivity index (χ0v) is 16.8. The molecule has 0 saturated carbocycles. The Morgan fingerprint density at radius 3 is 2.15 bits per heavy atom. The zero-order valence-electron chi connectivity index (χ0n) is 16.8. The topological polar surface area (TPSA) is 66.0 Å². The van der Waals surface area contributed by atoms with E-state index >= 15 is 0 Å². The van der Waals surface area contributed by atoms with E-state index in [4.69, 9.17) is 18.9 Å². The number of hydrogen-bond acceptors (Lipinski definition) is 5. The van der Waals surface area contributed by atoms with E-state index in [9.17, 15) is 4.79 Å². The average Bonchev–Trinajstić information content (AvgIpc) is 2.57. The Morgan fingerprint density at radius 1 is 1.00 bits per heavy atom. The molecular weight excluding hydrogens is 334 g/mol. The van der Waals surface area contributed by atoms with Gasteiger partial charge in [-0.1, -0.05) is 12.1 Å². The first-order valence-corrected chi connectivity index (χ1v) is 8.88. The molecule has 0 unspecified atom stereocenters. The van der Waals surface area contributed by atoms with Crippen molar-refractivity contribution < 1.29 is 23.7 Å².